The Hall–Kier alpha value is -3.61. The van der Waals surface area contributed by atoms with Gasteiger partial charge in [-0.25, -0.2) is 4.79 Å². The second-order valence-corrected chi connectivity index (χ2v) is 8.02. The summed E-state index contributed by atoms with van der Waals surface area (Å²) < 4.78 is 16.8. The van der Waals surface area contributed by atoms with Gasteiger partial charge in [-0.2, -0.15) is 0 Å². The van der Waals surface area contributed by atoms with Crippen molar-refractivity contribution in [1.29, 1.82) is 0 Å². The summed E-state index contributed by atoms with van der Waals surface area (Å²) in [6.45, 7) is 0.773. The van der Waals surface area contributed by atoms with Crippen LogP contribution >= 0.6 is 0 Å². The second-order valence-electron chi connectivity index (χ2n) is 8.02. The molecule has 0 saturated carbocycles. The number of rotatable bonds is 2. The SMILES string of the molecule is COc1ccc2c(c1)OC1(CCN(C(=O)c3cc4ccccc4oc3=O)CC1)CC2=O. The normalized spacial score (nSPS) is 17.3. The molecule has 5 rings (SSSR count). The summed E-state index contributed by atoms with van der Waals surface area (Å²) in [7, 11) is 1.57. The van der Waals surface area contributed by atoms with Gasteiger partial charge in [0.1, 0.15) is 28.2 Å². The van der Waals surface area contributed by atoms with Crippen LogP contribution in [0.4, 0.5) is 0 Å². The van der Waals surface area contributed by atoms with E-state index in [4.69, 9.17) is 13.9 Å². The molecular formula is C24H21NO6. The number of carbonyl (C=O) groups is 2. The highest BCUT2D eigenvalue weighted by atomic mass is 16.5. The van der Waals surface area contributed by atoms with Crippen molar-refractivity contribution in [2.45, 2.75) is 24.9 Å². The van der Waals surface area contributed by atoms with Crippen molar-refractivity contribution < 1.29 is 23.5 Å². The molecule has 0 aliphatic carbocycles. The minimum absolute atomic E-state index is 0.0189. The van der Waals surface area contributed by atoms with Gasteiger partial charge in [-0.3, -0.25) is 9.59 Å². The minimum atomic E-state index is -0.652. The molecule has 1 spiro atoms. The van der Waals surface area contributed by atoms with E-state index in [0.717, 1.165) is 0 Å². The number of fused-ring (bicyclic) bond motifs is 2. The zero-order chi connectivity index (χ0) is 21.6. The molecule has 7 heteroatoms. The lowest BCUT2D eigenvalue weighted by molar-refractivity contribution is -0.00588. The number of nitrogens with zero attached hydrogens (tertiary/aromatic N) is 1. The Morgan fingerprint density at radius 2 is 1.84 bits per heavy atom. The fraction of sp³-hybridized carbons (Fsp3) is 0.292. The summed E-state index contributed by atoms with van der Waals surface area (Å²) in [6.07, 6.45) is 1.27. The number of ether oxygens (including phenoxy) is 2. The number of Topliss-reactive ketones (excluding diaryl/α,β-unsaturated/α-hetero) is 1. The van der Waals surface area contributed by atoms with Crippen molar-refractivity contribution >= 4 is 22.7 Å². The maximum absolute atomic E-state index is 13.0. The van der Waals surface area contributed by atoms with E-state index in [9.17, 15) is 14.4 Å². The van der Waals surface area contributed by atoms with E-state index in [2.05, 4.69) is 0 Å². The third kappa shape index (κ3) is 3.36. The predicted octanol–water partition coefficient (Wildman–Crippen LogP) is 3.44. The molecule has 2 aliphatic heterocycles. The van der Waals surface area contributed by atoms with Gasteiger partial charge in [-0.05, 0) is 24.3 Å². The average molecular weight is 419 g/mol. The van der Waals surface area contributed by atoms with E-state index in [1.165, 1.54) is 0 Å². The first kappa shape index (κ1) is 19.4. The van der Waals surface area contributed by atoms with Crippen molar-refractivity contribution in [2.75, 3.05) is 20.2 Å². The van der Waals surface area contributed by atoms with Crippen molar-refractivity contribution in [3.63, 3.8) is 0 Å². The topological polar surface area (TPSA) is 86.1 Å². The molecule has 31 heavy (non-hydrogen) atoms. The van der Waals surface area contributed by atoms with Gasteiger partial charge in [0.15, 0.2) is 5.78 Å². The Kier molecular flexibility index (Phi) is 4.54. The Balaban J connectivity index is 1.36. The van der Waals surface area contributed by atoms with E-state index in [1.807, 2.05) is 6.07 Å². The van der Waals surface area contributed by atoms with Gasteiger partial charge in [-0.1, -0.05) is 18.2 Å². The molecule has 0 N–H and O–H groups in total. The first-order valence-electron chi connectivity index (χ1n) is 10.2. The maximum Gasteiger partial charge on any atom is 0.349 e. The number of likely N-dealkylation sites (tertiary alicyclic amines) is 1. The highest BCUT2D eigenvalue weighted by molar-refractivity contribution is 6.00. The van der Waals surface area contributed by atoms with Crippen LogP contribution in [-0.4, -0.2) is 42.4 Å². The molecule has 0 atom stereocenters. The Bertz CT molecular complexity index is 1250. The third-order valence-electron chi connectivity index (χ3n) is 6.13. The fourth-order valence-corrected chi connectivity index (χ4v) is 4.38. The van der Waals surface area contributed by atoms with Crippen LogP contribution in [0.5, 0.6) is 11.5 Å². The first-order chi connectivity index (χ1) is 15.0. The van der Waals surface area contributed by atoms with Crippen LogP contribution in [0.3, 0.4) is 0 Å². The van der Waals surface area contributed by atoms with Crippen LogP contribution in [0.25, 0.3) is 11.0 Å². The number of methoxy groups -OCH3 is 1. The van der Waals surface area contributed by atoms with E-state index in [-0.39, 0.29) is 23.7 Å². The number of ketones is 1. The molecule has 158 valence electrons. The standard InChI is InChI=1S/C24H21NO6/c1-29-16-6-7-17-19(26)14-24(31-21(17)13-16)8-10-25(11-9-24)22(27)18-12-15-4-2-3-5-20(15)30-23(18)28/h2-7,12-13H,8-11,14H2,1H3. The van der Waals surface area contributed by atoms with Gasteiger partial charge in [-0.15, -0.1) is 0 Å². The van der Waals surface area contributed by atoms with Gasteiger partial charge in [0.25, 0.3) is 5.91 Å². The van der Waals surface area contributed by atoms with Crippen LogP contribution < -0.4 is 15.1 Å². The molecule has 1 fully saturated rings. The molecule has 0 unspecified atom stereocenters. The first-order valence-corrected chi connectivity index (χ1v) is 10.2. The zero-order valence-electron chi connectivity index (χ0n) is 17.1. The highest BCUT2D eigenvalue weighted by Crippen LogP contribution is 2.40. The number of para-hydroxylation sites is 1. The van der Waals surface area contributed by atoms with Crippen molar-refractivity contribution in [3.05, 3.63) is 70.1 Å². The molecule has 0 radical (unpaired) electrons. The Morgan fingerprint density at radius 3 is 2.61 bits per heavy atom. The molecule has 1 amide bonds. The van der Waals surface area contributed by atoms with Gasteiger partial charge < -0.3 is 18.8 Å². The molecule has 2 aliphatic rings. The van der Waals surface area contributed by atoms with Crippen LogP contribution in [-0.2, 0) is 0 Å². The number of piperidine rings is 1. The highest BCUT2D eigenvalue weighted by Gasteiger charge is 2.44. The molecule has 3 aromatic rings. The van der Waals surface area contributed by atoms with Crippen LogP contribution in [0.1, 0.15) is 40.0 Å². The lowest BCUT2D eigenvalue weighted by Crippen LogP contribution is -2.52. The van der Waals surface area contributed by atoms with E-state index in [1.54, 1.807) is 54.5 Å². The molecule has 7 nitrogen and oxygen atoms in total. The summed E-state index contributed by atoms with van der Waals surface area (Å²) in [5.74, 6) is 0.808. The Labute approximate surface area is 178 Å². The smallest absolute Gasteiger partial charge is 0.349 e. The lowest BCUT2D eigenvalue weighted by Gasteiger charge is -2.43. The summed E-state index contributed by atoms with van der Waals surface area (Å²) >= 11 is 0. The molecule has 0 bridgehead atoms. The summed E-state index contributed by atoms with van der Waals surface area (Å²) in [5.41, 5.74) is -0.274. The van der Waals surface area contributed by atoms with Gasteiger partial charge >= 0.3 is 5.63 Å². The third-order valence-corrected chi connectivity index (χ3v) is 6.13. The van der Waals surface area contributed by atoms with Crippen LogP contribution in [0.15, 0.2) is 57.7 Å². The predicted molar refractivity (Wildman–Crippen MR) is 113 cm³/mol. The van der Waals surface area contributed by atoms with Gasteiger partial charge in [0.2, 0.25) is 0 Å². The monoisotopic (exact) mass is 419 g/mol. The Morgan fingerprint density at radius 1 is 1.06 bits per heavy atom. The summed E-state index contributed by atoms with van der Waals surface area (Å²) in [4.78, 5) is 39.7. The van der Waals surface area contributed by atoms with Crippen LogP contribution in [0, 0.1) is 0 Å². The van der Waals surface area contributed by atoms with Gasteiger partial charge in [0.05, 0.1) is 19.1 Å². The van der Waals surface area contributed by atoms with Crippen LogP contribution in [0.2, 0.25) is 0 Å². The zero-order valence-corrected chi connectivity index (χ0v) is 17.1. The number of hydrogen-bond donors (Lipinski definition) is 0. The quantitative estimate of drug-likeness (QED) is 0.592. The number of hydrogen-bond acceptors (Lipinski definition) is 6. The van der Waals surface area contributed by atoms with E-state index >= 15 is 0 Å². The van der Waals surface area contributed by atoms with E-state index in [0.29, 0.717) is 54.0 Å². The van der Waals surface area contributed by atoms with Crippen molar-refractivity contribution in [2.24, 2.45) is 0 Å². The molecular weight excluding hydrogens is 398 g/mol. The average Bonchev–Trinajstić information content (AvgIpc) is 2.78. The van der Waals surface area contributed by atoms with Crippen molar-refractivity contribution in [1.82, 2.24) is 4.90 Å². The molecule has 3 heterocycles. The number of benzene rings is 2. The fourth-order valence-electron chi connectivity index (χ4n) is 4.38. The largest absolute Gasteiger partial charge is 0.497 e. The second kappa shape index (κ2) is 7.27. The molecule has 2 aromatic carbocycles. The number of amides is 1. The van der Waals surface area contributed by atoms with Crippen molar-refractivity contribution in [3.8, 4) is 11.5 Å². The summed E-state index contributed by atoms with van der Waals surface area (Å²) in [5, 5.41) is 0.700. The number of carbonyl (C=O) groups excluding carboxylic acids is 2. The molecule has 1 saturated heterocycles. The minimum Gasteiger partial charge on any atom is -0.497 e. The lowest BCUT2D eigenvalue weighted by atomic mass is 9.82. The maximum atomic E-state index is 13.0. The van der Waals surface area contributed by atoms with E-state index < -0.39 is 11.2 Å². The molecule has 1 aromatic heterocycles. The van der Waals surface area contributed by atoms with Gasteiger partial charge in [0, 0.05) is 37.4 Å². The summed E-state index contributed by atoms with van der Waals surface area (Å²) in [6, 6.07) is 13.9.